The Labute approximate surface area is 275 Å². The van der Waals surface area contributed by atoms with Crippen LogP contribution >= 0.6 is 0 Å². The molecule has 0 spiro atoms. The van der Waals surface area contributed by atoms with E-state index in [0.29, 0.717) is 0 Å². The van der Waals surface area contributed by atoms with Gasteiger partial charge in [-0.05, 0) is 45.5 Å². The van der Waals surface area contributed by atoms with Gasteiger partial charge in [0.25, 0.3) is 0 Å². The van der Waals surface area contributed by atoms with Crippen molar-refractivity contribution < 1.29 is 9.47 Å². The Bertz CT molecular complexity index is 1630. The van der Waals surface area contributed by atoms with Gasteiger partial charge in [0.1, 0.15) is 11.5 Å². The van der Waals surface area contributed by atoms with E-state index in [4.69, 9.17) is 9.47 Å². The van der Waals surface area contributed by atoms with Crippen molar-refractivity contribution in [1.82, 2.24) is 0 Å². The van der Waals surface area contributed by atoms with E-state index < -0.39 is 0 Å². The van der Waals surface area contributed by atoms with Crippen molar-refractivity contribution in [1.29, 1.82) is 0 Å². The fourth-order valence-corrected chi connectivity index (χ4v) is 7.14. The first-order valence-electron chi connectivity index (χ1n) is 18.0. The fraction of sp³-hybridized carbons (Fsp3) is 0.364. The van der Waals surface area contributed by atoms with Crippen LogP contribution in [0.25, 0.3) is 54.2 Å². The van der Waals surface area contributed by atoms with Crippen LogP contribution < -0.4 is 9.47 Å². The van der Waals surface area contributed by atoms with Gasteiger partial charge in [-0.25, -0.2) is 0 Å². The first-order valence-corrected chi connectivity index (χ1v) is 18.0. The fourth-order valence-electron chi connectivity index (χ4n) is 7.14. The van der Waals surface area contributed by atoms with E-state index in [9.17, 15) is 0 Å². The molecular formula is C44H50O2. The molecule has 0 radical (unpaired) electrons. The van der Waals surface area contributed by atoms with Gasteiger partial charge >= 0.3 is 0 Å². The number of hydrogen-bond donors (Lipinski definition) is 0. The van der Waals surface area contributed by atoms with Gasteiger partial charge in [0, 0.05) is 21.5 Å². The van der Waals surface area contributed by atoms with Gasteiger partial charge in [0.15, 0.2) is 0 Å². The zero-order valence-electron chi connectivity index (χ0n) is 28.0. The van der Waals surface area contributed by atoms with Crippen molar-refractivity contribution in [2.75, 3.05) is 13.2 Å². The second-order valence-corrected chi connectivity index (χ2v) is 12.8. The second-order valence-electron chi connectivity index (χ2n) is 12.8. The molecule has 2 heteroatoms. The lowest BCUT2D eigenvalue weighted by Crippen LogP contribution is -2.01. The van der Waals surface area contributed by atoms with E-state index in [0.717, 1.165) is 37.6 Å². The molecule has 0 atom stereocenters. The molecule has 238 valence electrons. The Hall–Kier alpha value is -4.04. The van der Waals surface area contributed by atoms with Crippen molar-refractivity contribution in [3.05, 3.63) is 97.1 Å². The predicted molar refractivity (Wildman–Crippen MR) is 200 cm³/mol. The van der Waals surface area contributed by atoms with Crippen molar-refractivity contribution in [3.63, 3.8) is 0 Å². The van der Waals surface area contributed by atoms with Gasteiger partial charge < -0.3 is 9.47 Å². The maximum absolute atomic E-state index is 6.69. The molecule has 0 aromatic heterocycles. The van der Waals surface area contributed by atoms with Crippen LogP contribution in [0.15, 0.2) is 97.1 Å². The summed E-state index contributed by atoms with van der Waals surface area (Å²) in [7, 11) is 0. The average molecular weight is 611 g/mol. The summed E-state index contributed by atoms with van der Waals surface area (Å²) in [5, 5.41) is 9.64. The third kappa shape index (κ3) is 6.87. The molecule has 0 unspecified atom stereocenters. The third-order valence-corrected chi connectivity index (χ3v) is 9.50. The molecule has 6 aromatic carbocycles. The molecule has 0 N–H and O–H groups in total. The lowest BCUT2D eigenvalue weighted by molar-refractivity contribution is 0.311. The van der Waals surface area contributed by atoms with Crippen LogP contribution in [0, 0.1) is 0 Å². The Morgan fingerprint density at radius 2 is 0.587 bits per heavy atom. The molecule has 0 heterocycles. The first kappa shape index (κ1) is 31.9. The first-order chi connectivity index (χ1) is 22.8. The quantitative estimate of drug-likeness (QED) is 0.0755. The summed E-state index contributed by atoms with van der Waals surface area (Å²) in [6, 6.07) is 35.3. The van der Waals surface area contributed by atoms with Crippen LogP contribution in [-0.2, 0) is 0 Å². The van der Waals surface area contributed by atoms with Crippen molar-refractivity contribution >= 4 is 43.1 Å². The summed E-state index contributed by atoms with van der Waals surface area (Å²) in [6.45, 7) is 6.04. The highest BCUT2D eigenvalue weighted by molar-refractivity contribution is 6.26. The minimum atomic E-state index is 0.746. The Kier molecular flexibility index (Phi) is 11.1. The van der Waals surface area contributed by atoms with Crippen molar-refractivity contribution in [2.24, 2.45) is 0 Å². The molecule has 0 saturated heterocycles. The van der Waals surface area contributed by atoms with Crippen LogP contribution in [-0.4, -0.2) is 13.2 Å². The average Bonchev–Trinajstić information content (AvgIpc) is 3.10. The van der Waals surface area contributed by atoms with Gasteiger partial charge in [0.05, 0.1) is 13.2 Å². The van der Waals surface area contributed by atoms with Crippen molar-refractivity contribution in [3.8, 4) is 22.6 Å². The molecule has 0 aliphatic heterocycles. The zero-order chi connectivity index (χ0) is 31.6. The smallest absolute Gasteiger partial charge is 0.134 e. The molecule has 0 amide bonds. The topological polar surface area (TPSA) is 18.5 Å². The van der Waals surface area contributed by atoms with Gasteiger partial charge in [-0.2, -0.15) is 0 Å². The minimum Gasteiger partial charge on any atom is -0.492 e. The standard InChI is InChI=1S/C44H50O2/c1-3-5-7-9-11-21-31-45-43-37-27-17-13-23-33(37)41(34-24-14-18-28-38(34)43)42-35-25-15-19-29-39(35)44(40-30-20-16-26-36(40)42)46-32-22-12-10-8-6-4-2/h13-20,23-30H,3-12,21-22,31-32H2,1-2H3. The molecule has 6 aromatic rings. The van der Waals surface area contributed by atoms with E-state index in [1.165, 1.54) is 118 Å². The lowest BCUT2D eigenvalue weighted by Gasteiger charge is -2.22. The molecule has 0 bridgehead atoms. The van der Waals surface area contributed by atoms with Crippen LogP contribution in [0.2, 0.25) is 0 Å². The summed E-state index contributed by atoms with van der Waals surface area (Å²) in [6.07, 6.45) is 15.0. The summed E-state index contributed by atoms with van der Waals surface area (Å²) in [5.41, 5.74) is 2.54. The zero-order valence-corrected chi connectivity index (χ0v) is 28.0. The van der Waals surface area contributed by atoms with E-state index >= 15 is 0 Å². The Morgan fingerprint density at radius 1 is 0.326 bits per heavy atom. The third-order valence-electron chi connectivity index (χ3n) is 9.50. The number of fused-ring (bicyclic) bond motifs is 4. The molecule has 2 nitrogen and oxygen atoms in total. The normalized spacial score (nSPS) is 11.6. The van der Waals surface area contributed by atoms with E-state index in [1.807, 2.05) is 0 Å². The largest absolute Gasteiger partial charge is 0.492 e. The SMILES string of the molecule is CCCCCCCCOc1c2ccccc2c(-c2c3ccccc3c(OCCCCCCCC)c3ccccc23)c2ccccc12. The van der Waals surface area contributed by atoms with Crippen LogP contribution in [0.5, 0.6) is 11.5 Å². The molecule has 0 fully saturated rings. The summed E-state index contributed by atoms with van der Waals surface area (Å²) < 4.78 is 13.4. The number of unbranched alkanes of at least 4 members (excludes halogenated alkanes) is 10. The predicted octanol–water partition coefficient (Wildman–Crippen LogP) is 13.4. The Morgan fingerprint density at radius 3 is 0.891 bits per heavy atom. The van der Waals surface area contributed by atoms with Crippen LogP contribution in [0.3, 0.4) is 0 Å². The maximum atomic E-state index is 6.69. The van der Waals surface area contributed by atoms with Gasteiger partial charge in [0.2, 0.25) is 0 Å². The van der Waals surface area contributed by atoms with Crippen LogP contribution in [0.1, 0.15) is 90.9 Å². The molecular weight excluding hydrogens is 560 g/mol. The number of hydrogen-bond acceptors (Lipinski definition) is 2. The van der Waals surface area contributed by atoms with Gasteiger partial charge in [-0.3, -0.25) is 0 Å². The van der Waals surface area contributed by atoms with Crippen molar-refractivity contribution in [2.45, 2.75) is 90.9 Å². The highest BCUT2D eigenvalue weighted by atomic mass is 16.5. The summed E-state index contributed by atoms with van der Waals surface area (Å²) in [4.78, 5) is 0. The molecule has 0 saturated carbocycles. The lowest BCUT2D eigenvalue weighted by atomic mass is 9.85. The molecule has 0 aliphatic carbocycles. The van der Waals surface area contributed by atoms with E-state index in [2.05, 4.69) is 111 Å². The maximum Gasteiger partial charge on any atom is 0.134 e. The van der Waals surface area contributed by atoms with E-state index in [-0.39, 0.29) is 0 Å². The number of ether oxygens (including phenoxy) is 2. The monoisotopic (exact) mass is 610 g/mol. The highest BCUT2D eigenvalue weighted by Crippen LogP contribution is 2.49. The summed E-state index contributed by atoms with van der Waals surface area (Å²) in [5.74, 6) is 2.02. The number of rotatable bonds is 17. The Balaban J connectivity index is 1.45. The number of benzene rings is 6. The summed E-state index contributed by atoms with van der Waals surface area (Å²) >= 11 is 0. The van der Waals surface area contributed by atoms with Crippen LogP contribution in [0.4, 0.5) is 0 Å². The molecule has 6 rings (SSSR count). The molecule has 0 aliphatic rings. The van der Waals surface area contributed by atoms with E-state index in [1.54, 1.807) is 0 Å². The van der Waals surface area contributed by atoms with Gasteiger partial charge in [-0.1, -0.05) is 175 Å². The minimum absolute atomic E-state index is 0.746. The second kappa shape index (κ2) is 16.0. The van der Waals surface area contributed by atoms with Gasteiger partial charge in [-0.15, -0.1) is 0 Å². The highest BCUT2D eigenvalue weighted by Gasteiger charge is 2.22. The molecule has 46 heavy (non-hydrogen) atoms.